The lowest BCUT2D eigenvalue weighted by atomic mass is 9.92. The molecule has 0 bridgehead atoms. The van der Waals surface area contributed by atoms with Crippen LogP contribution in [-0.4, -0.2) is 44.8 Å². The number of fused-ring (bicyclic) bond motifs is 1. The minimum Gasteiger partial charge on any atom is -0.444 e. The first kappa shape index (κ1) is 24.2. The van der Waals surface area contributed by atoms with Crippen LogP contribution in [0.3, 0.4) is 0 Å². The number of halogens is 2. The third kappa shape index (κ3) is 5.07. The van der Waals surface area contributed by atoms with Gasteiger partial charge in [-0.1, -0.05) is 0 Å². The van der Waals surface area contributed by atoms with Gasteiger partial charge in [0.2, 0.25) is 0 Å². The van der Waals surface area contributed by atoms with E-state index in [-0.39, 0.29) is 11.6 Å². The zero-order valence-corrected chi connectivity index (χ0v) is 20.8. The smallest absolute Gasteiger partial charge is 0.407 e. The lowest BCUT2D eigenvalue weighted by molar-refractivity contribution is -0.0630. The molecule has 3 atom stereocenters. The molecule has 1 amide bonds. The highest BCUT2D eigenvalue weighted by atomic mass is 19.1. The van der Waals surface area contributed by atoms with Gasteiger partial charge in [-0.2, -0.15) is 0 Å². The van der Waals surface area contributed by atoms with Gasteiger partial charge in [-0.05, 0) is 65.2 Å². The summed E-state index contributed by atoms with van der Waals surface area (Å²) in [6.07, 6.45) is 1.53. The van der Waals surface area contributed by atoms with E-state index in [4.69, 9.17) is 14.5 Å². The van der Waals surface area contributed by atoms with Gasteiger partial charge in [0.25, 0.3) is 0 Å². The molecule has 7 nitrogen and oxygen atoms in total. The van der Waals surface area contributed by atoms with Crippen molar-refractivity contribution < 1.29 is 23.0 Å². The predicted octanol–water partition coefficient (Wildman–Crippen LogP) is 4.80. The molecule has 2 aromatic rings. The summed E-state index contributed by atoms with van der Waals surface area (Å²) >= 11 is 0. The van der Waals surface area contributed by atoms with Crippen LogP contribution in [0.1, 0.15) is 81.8 Å². The van der Waals surface area contributed by atoms with Crippen molar-refractivity contribution in [1.82, 2.24) is 19.8 Å². The monoisotopic (exact) mass is 488 g/mol. The van der Waals surface area contributed by atoms with E-state index in [0.29, 0.717) is 25.5 Å². The standard InChI is InChI=1S/C26H34F2N4O3/c1-5-32-22-13-31(12-21(22)29-24(32)15-6-7-15)17-11-20(30-25(33)35-26(2,3)4)23(34-14-17)18-10-16(27)8-9-19(18)28/h8-10,15,17,20,23H,5-7,11-14H2,1-4H3,(H,30,33)/t17-,20+,23-/m1/s1. The molecular formula is C26H34F2N4O3. The van der Waals surface area contributed by atoms with Gasteiger partial charge in [0.15, 0.2) is 0 Å². The molecule has 190 valence electrons. The largest absolute Gasteiger partial charge is 0.444 e. The molecule has 1 aliphatic carbocycles. The number of rotatable bonds is 5. The van der Waals surface area contributed by atoms with Crippen molar-refractivity contribution in [1.29, 1.82) is 0 Å². The van der Waals surface area contributed by atoms with E-state index in [2.05, 4.69) is 21.7 Å². The summed E-state index contributed by atoms with van der Waals surface area (Å²) in [7, 11) is 0. The number of carbonyl (C=O) groups is 1. The summed E-state index contributed by atoms with van der Waals surface area (Å²) < 4.78 is 42.5. The van der Waals surface area contributed by atoms with Crippen molar-refractivity contribution in [3.8, 4) is 0 Å². The fourth-order valence-corrected chi connectivity index (χ4v) is 5.27. The van der Waals surface area contributed by atoms with Crippen molar-refractivity contribution in [2.45, 2.75) is 96.3 Å². The molecule has 0 spiro atoms. The van der Waals surface area contributed by atoms with Crippen LogP contribution in [-0.2, 0) is 29.1 Å². The maximum Gasteiger partial charge on any atom is 0.407 e. The first-order chi connectivity index (χ1) is 16.6. The Morgan fingerprint density at radius 3 is 2.71 bits per heavy atom. The summed E-state index contributed by atoms with van der Waals surface area (Å²) in [6, 6.07) is 2.72. The maximum atomic E-state index is 14.7. The average Bonchev–Trinajstić information content (AvgIpc) is 3.45. The normalized spacial score (nSPS) is 24.9. The van der Waals surface area contributed by atoms with Crippen LogP contribution in [0.15, 0.2) is 18.2 Å². The second-order valence-electron chi connectivity index (χ2n) is 10.8. The van der Waals surface area contributed by atoms with Crippen molar-refractivity contribution >= 4 is 6.09 Å². The van der Waals surface area contributed by atoms with E-state index in [1.807, 2.05) is 0 Å². The van der Waals surface area contributed by atoms with E-state index in [9.17, 15) is 13.6 Å². The van der Waals surface area contributed by atoms with E-state index in [0.717, 1.165) is 37.0 Å². The van der Waals surface area contributed by atoms with E-state index >= 15 is 0 Å². The Kier molecular flexibility index (Phi) is 6.34. The highest BCUT2D eigenvalue weighted by Gasteiger charge is 2.41. The Morgan fingerprint density at radius 2 is 2.03 bits per heavy atom. The molecule has 35 heavy (non-hydrogen) atoms. The molecule has 1 N–H and O–H groups in total. The van der Waals surface area contributed by atoms with Crippen LogP contribution in [0.4, 0.5) is 13.6 Å². The van der Waals surface area contributed by atoms with E-state index < -0.39 is 35.5 Å². The Morgan fingerprint density at radius 1 is 1.26 bits per heavy atom. The van der Waals surface area contributed by atoms with Crippen molar-refractivity contribution in [2.75, 3.05) is 6.61 Å². The van der Waals surface area contributed by atoms with Crippen LogP contribution in [0, 0.1) is 11.6 Å². The van der Waals surface area contributed by atoms with Gasteiger partial charge in [-0.25, -0.2) is 18.6 Å². The fourth-order valence-electron chi connectivity index (χ4n) is 5.27. The number of aromatic nitrogens is 2. The van der Waals surface area contributed by atoms with Crippen molar-refractivity contribution in [3.05, 3.63) is 52.6 Å². The minimum atomic E-state index is -0.816. The van der Waals surface area contributed by atoms with Gasteiger partial charge >= 0.3 is 6.09 Å². The first-order valence-electron chi connectivity index (χ1n) is 12.5. The summed E-state index contributed by atoms with van der Waals surface area (Å²) in [5.41, 5.74) is 1.79. The number of alkyl carbamates (subject to hydrolysis) is 1. The summed E-state index contributed by atoms with van der Waals surface area (Å²) in [6.45, 7) is 10.2. The molecule has 3 aliphatic rings. The van der Waals surface area contributed by atoms with Crippen LogP contribution < -0.4 is 5.32 Å². The fraction of sp³-hybridized carbons (Fsp3) is 0.615. The van der Waals surface area contributed by atoms with Gasteiger partial charge in [-0.15, -0.1) is 0 Å². The number of ether oxygens (including phenoxy) is 2. The Bertz CT molecular complexity index is 1110. The average molecular weight is 489 g/mol. The molecule has 2 aliphatic heterocycles. The van der Waals surface area contributed by atoms with E-state index in [1.54, 1.807) is 20.8 Å². The number of nitrogens with one attached hydrogen (secondary N) is 1. The SMILES string of the molecule is CCn1c(C2CC2)nc2c1CN([C@H]1CO[C@H](c3cc(F)ccc3F)[C@@H](NC(=O)OC(C)(C)C)C1)C2. The molecule has 5 rings (SSSR count). The number of amides is 1. The van der Waals surface area contributed by atoms with Crippen LogP contribution in [0.2, 0.25) is 0 Å². The molecule has 2 fully saturated rings. The Balaban J connectivity index is 1.35. The lowest BCUT2D eigenvalue weighted by Gasteiger charge is -2.40. The predicted molar refractivity (Wildman–Crippen MR) is 126 cm³/mol. The summed E-state index contributed by atoms with van der Waals surface area (Å²) in [5, 5.41) is 2.87. The molecule has 9 heteroatoms. The molecular weight excluding hydrogens is 454 g/mol. The lowest BCUT2D eigenvalue weighted by Crippen LogP contribution is -2.52. The highest BCUT2D eigenvalue weighted by molar-refractivity contribution is 5.68. The van der Waals surface area contributed by atoms with Crippen molar-refractivity contribution in [2.24, 2.45) is 0 Å². The number of carbonyl (C=O) groups excluding carboxylic acids is 1. The number of nitrogens with zero attached hydrogens (tertiary/aromatic N) is 3. The zero-order chi connectivity index (χ0) is 24.9. The summed E-state index contributed by atoms with van der Waals surface area (Å²) in [5.74, 6) is 0.694. The van der Waals surface area contributed by atoms with Gasteiger partial charge in [-0.3, -0.25) is 4.90 Å². The third-order valence-corrected chi connectivity index (χ3v) is 6.99. The zero-order valence-electron chi connectivity index (χ0n) is 20.8. The number of imidazole rings is 1. The van der Waals surface area contributed by atoms with Crippen LogP contribution in [0.25, 0.3) is 0 Å². The molecule has 1 aromatic carbocycles. The van der Waals surface area contributed by atoms with Gasteiger partial charge in [0, 0.05) is 37.2 Å². The topological polar surface area (TPSA) is 68.6 Å². The number of hydrogen-bond acceptors (Lipinski definition) is 5. The second-order valence-corrected chi connectivity index (χ2v) is 10.8. The third-order valence-electron chi connectivity index (χ3n) is 6.99. The molecule has 1 aromatic heterocycles. The molecule has 0 radical (unpaired) electrons. The number of hydrogen-bond donors (Lipinski definition) is 1. The van der Waals surface area contributed by atoms with Crippen LogP contribution >= 0.6 is 0 Å². The minimum absolute atomic E-state index is 0.00770. The second kappa shape index (κ2) is 9.17. The van der Waals surface area contributed by atoms with E-state index in [1.165, 1.54) is 24.4 Å². The Hall–Kier alpha value is -2.52. The van der Waals surface area contributed by atoms with Crippen molar-refractivity contribution in [3.63, 3.8) is 0 Å². The van der Waals surface area contributed by atoms with Crippen LogP contribution in [0.5, 0.6) is 0 Å². The summed E-state index contributed by atoms with van der Waals surface area (Å²) in [4.78, 5) is 19.9. The maximum absolute atomic E-state index is 14.7. The molecule has 0 unspecified atom stereocenters. The van der Waals surface area contributed by atoms with Gasteiger partial charge < -0.3 is 19.4 Å². The first-order valence-corrected chi connectivity index (χ1v) is 12.5. The van der Waals surface area contributed by atoms with Gasteiger partial charge in [0.1, 0.15) is 29.2 Å². The molecule has 1 saturated heterocycles. The number of benzene rings is 1. The quantitative estimate of drug-likeness (QED) is 0.655. The highest BCUT2D eigenvalue weighted by Crippen LogP contribution is 2.42. The van der Waals surface area contributed by atoms with Gasteiger partial charge in [0.05, 0.1) is 24.0 Å². The molecule has 1 saturated carbocycles. The molecule has 3 heterocycles. The Labute approximate surface area is 204 Å².